The Bertz CT molecular complexity index is 496. The van der Waals surface area contributed by atoms with Crippen molar-refractivity contribution in [1.29, 1.82) is 0 Å². The number of Topliss-reactive ketones (excluding diaryl/α,β-unsaturated/α-hetero) is 1. The molecule has 0 saturated heterocycles. The van der Waals surface area contributed by atoms with Crippen molar-refractivity contribution in [3.05, 3.63) is 29.8 Å². The number of imide groups is 1. The van der Waals surface area contributed by atoms with Crippen LogP contribution in [0.2, 0.25) is 0 Å². The number of urea groups is 1. The number of nitrogens with one attached hydrogen (secondary N) is 2. The van der Waals surface area contributed by atoms with Gasteiger partial charge in [0.2, 0.25) is 0 Å². The molecule has 0 aromatic heterocycles. The average Bonchev–Trinajstić information content (AvgIpc) is 2.46. The Morgan fingerprint density at radius 2 is 1.80 bits per heavy atom. The van der Waals surface area contributed by atoms with Crippen LogP contribution in [0.25, 0.3) is 0 Å². The molecule has 0 aliphatic carbocycles. The highest BCUT2D eigenvalue weighted by molar-refractivity contribution is 5.96. The number of ether oxygens (including phenoxy) is 1. The second kappa shape index (κ2) is 7.28. The molecule has 0 fully saturated rings. The second-order valence-electron chi connectivity index (χ2n) is 4.13. The lowest BCUT2D eigenvalue weighted by molar-refractivity contribution is -0.126. The van der Waals surface area contributed by atoms with Crippen LogP contribution in [0.1, 0.15) is 30.6 Å². The number of benzene rings is 1. The predicted molar refractivity (Wildman–Crippen MR) is 73.8 cm³/mol. The van der Waals surface area contributed by atoms with Gasteiger partial charge in [-0.05, 0) is 31.2 Å². The molecule has 0 saturated carbocycles. The van der Waals surface area contributed by atoms with E-state index in [-0.39, 0.29) is 5.78 Å². The minimum atomic E-state index is -0.819. The number of hydrogen-bond acceptors (Lipinski definition) is 4. The first-order chi connectivity index (χ1) is 9.47. The molecule has 0 radical (unpaired) electrons. The number of amides is 3. The third-order valence-electron chi connectivity index (χ3n) is 2.64. The number of carbonyl (C=O) groups is 3. The van der Waals surface area contributed by atoms with Crippen LogP contribution in [0.5, 0.6) is 5.75 Å². The number of hydrogen-bond donors (Lipinski definition) is 2. The summed E-state index contributed by atoms with van der Waals surface area (Å²) >= 11 is 0. The Balaban J connectivity index is 2.62. The standard InChI is InChI=1S/C14H18N2O4/c1-4-12(17)10-5-7-11(8-6-10)20-9(2)13(18)16-14(19)15-3/h5-9H,4H2,1-3H3,(H2,15,16,18,19). The Morgan fingerprint density at radius 1 is 1.20 bits per heavy atom. The van der Waals surface area contributed by atoms with Gasteiger partial charge in [0.25, 0.3) is 5.91 Å². The van der Waals surface area contributed by atoms with Crippen LogP contribution in [-0.2, 0) is 4.79 Å². The second-order valence-corrected chi connectivity index (χ2v) is 4.13. The molecule has 2 N–H and O–H groups in total. The molecule has 0 heterocycles. The molecule has 1 aromatic rings. The van der Waals surface area contributed by atoms with Gasteiger partial charge < -0.3 is 10.1 Å². The molecule has 1 aromatic carbocycles. The monoisotopic (exact) mass is 278 g/mol. The number of ketones is 1. The molecule has 0 bridgehead atoms. The predicted octanol–water partition coefficient (Wildman–Crippen LogP) is 1.50. The molecule has 20 heavy (non-hydrogen) atoms. The van der Waals surface area contributed by atoms with Crippen LogP contribution in [0.15, 0.2) is 24.3 Å². The molecule has 3 amide bonds. The van der Waals surface area contributed by atoms with Crippen LogP contribution >= 0.6 is 0 Å². The van der Waals surface area contributed by atoms with E-state index in [1.807, 2.05) is 0 Å². The summed E-state index contributed by atoms with van der Waals surface area (Å²) in [6.07, 6.45) is -0.384. The van der Waals surface area contributed by atoms with E-state index in [1.165, 1.54) is 14.0 Å². The van der Waals surface area contributed by atoms with Gasteiger partial charge in [-0.15, -0.1) is 0 Å². The quantitative estimate of drug-likeness (QED) is 0.799. The normalized spacial score (nSPS) is 11.3. The van der Waals surface area contributed by atoms with Gasteiger partial charge in [-0.3, -0.25) is 14.9 Å². The first-order valence-corrected chi connectivity index (χ1v) is 6.30. The zero-order valence-electron chi connectivity index (χ0n) is 11.7. The van der Waals surface area contributed by atoms with Crippen LogP contribution in [-0.4, -0.2) is 30.9 Å². The van der Waals surface area contributed by atoms with Gasteiger partial charge in [-0.1, -0.05) is 6.92 Å². The Morgan fingerprint density at radius 3 is 2.30 bits per heavy atom. The third-order valence-corrected chi connectivity index (χ3v) is 2.64. The molecule has 108 valence electrons. The van der Waals surface area contributed by atoms with Gasteiger partial charge in [0.15, 0.2) is 11.9 Å². The van der Waals surface area contributed by atoms with E-state index in [1.54, 1.807) is 31.2 Å². The molecule has 1 rings (SSSR count). The van der Waals surface area contributed by atoms with E-state index in [9.17, 15) is 14.4 Å². The van der Waals surface area contributed by atoms with Crippen molar-refractivity contribution < 1.29 is 19.1 Å². The molecule has 1 unspecified atom stereocenters. The summed E-state index contributed by atoms with van der Waals surface area (Å²) in [5.74, 6) is -0.0442. The van der Waals surface area contributed by atoms with Crippen LogP contribution < -0.4 is 15.4 Å². The van der Waals surface area contributed by atoms with Gasteiger partial charge in [0.05, 0.1) is 0 Å². The molecular formula is C14H18N2O4. The molecule has 6 nitrogen and oxygen atoms in total. The lowest BCUT2D eigenvalue weighted by Crippen LogP contribution is -2.43. The Kier molecular flexibility index (Phi) is 5.71. The first-order valence-electron chi connectivity index (χ1n) is 6.30. The molecule has 0 spiro atoms. The summed E-state index contributed by atoms with van der Waals surface area (Å²) in [4.78, 5) is 34.0. The van der Waals surface area contributed by atoms with Crippen LogP contribution in [0.3, 0.4) is 0 Å². The highest BCUT2D eigenvalue weighted by Gasteiger charge is 2.16. The summed E-state index contributed by atoms with van der Waals surface area (Å²) < 4.78 is 5.39. The Hall–Kier alpha value is -2.37. The van der Waals surface area contributed by atoms with E-state index in [4.69, 9.17) is 4.74 Å². The van der Waals surface area contributed by atoms with E-state index in [2.05, 4.69) is 10.6 Å². The smallest absolute Gasteiger partial charge is 0.321 e. The summed E-state index contributed by atoms with van der Waals surface area (Å²) in [5, 5.41) is 4.40. The lowest BCUT2D eigenvalue weighted by Gasteiger charge is -2.14. The van der Waals surface area contributed by atoms with Crippen LogP contribution in [0.4, 0.5) is 4.79 Å². The zero-order chi connectivity index (χ0) is 15.1. The molecule has 1 atom stereocenters. The average molecular weight is 278 g/mol. The summed E-state index contributed by atoms with van der Waals surface area (Å²) in [6.45, 7) is 3.32. The SMILES string of the molecule is CCC(=O)c1ccc(OC(C)C(=O)NC(=O)NC)cc1. The van der Waals surface area contributed by atoms with Crippen molar-refractivity contribution in [3.63, 3.8) is 0 Å². The Labute approximate surface area is 117 Å². The molecular weight excluding hydrogens is 260 g/mol. The minimum Gasteiger partial charge on any atom is -0.481 e. The first kappa shape index (κ1) is 15.7. The maximum Gasteiger partial charge on any atom is 0.321 e. The van der Waals surface area contributed by atoms with E-state index in [0.29, 0.717) is 17.7 Å². The maximum absolute atomic E-state index is 11.6. The van der Waals surface area contributed by atoms with Gasteiger partial charge >= 0.3 is 6.03 Å². The van der Waals surface area contributed by atoms with E-state index in [0.717, 1.165) is 0 Å². The molecule has 0 aliphatic rings. The van der Waals surface area contributed by atoms with Crippen molar-refractivity contribution in [1.82, 2.24) is 10.6 Å². The van der Waals surface area contributed by atoms with Gasteiger partial charge in [0, 0.05) is 19.0 Å². The molecule has 0 aliphatic heterocycles. The summed E-state index contributed by atoms with van der Waals surface area (Å²) in [5.41, 5.74) is 0.599. The lowest BCUT2D eigenvalue weighted by atomic mass is 10.1. The minimum absolute atomic E-state index is 0.0435. The van der Waals surface area contributed by atoms with Crippen molar-refractivity contribution in [2.24, 2.45) is 0 Å². The summed E-state index contributed by atoms with van der Waals surface area (Å²) in [6, 6.07) is 5.93. The highest BCUT2D eigenvalue weighted by atomic mass is 16.5. The van der Waals surface area contributed by atoms with Crippen LogP contribution in [0, 0.1) is 0 Å². The fraction of sp³-hybridized carbons (Fsp3) is 0.357. The van der Waals surface area contributed by atoms with E-state index >= 15 is 0 Å². The van der Waals surface area contributed by atoms with Crippen molar-refractivity contribution in [3.8, 4) is 5.75 Å². The topological polar surface area (TPSA) is 84.5 Å². The van der Waals surface area contributed by atoms with Gasteiger partial charge in [0.1, 0.15) is 5.75 Å². The van der Waals surface area contributed by atoms with Gasteiger partial charge in [-0.25, -0.2) is 4.79 Å². The number of rotatable bonds is 5. The largest absolute Gasteiger partial charge is 0.481 e. The van der Waals surface area contributed by atoms with Crippen molar-refractivity contribution >= 4 is 17.7 Å². The number of carbonyl (C=O) groups excluding carboxylic acids is 3. The summed E-state index contributed by atoms with van der Waals surface area (Å²) in [7, 11) is 1.41. The molecule has 6 heteroatoms. The fourth-order valence-electron chi connectivity index (χ4n) is 1.46. The van der Waals surface area contributed by atoms with Crippen molar-refractivity contribution in [2.75, 3.05) is 7.05 Å². The third kappa shape index (κ3) is 4.38. The fourth-order valence-corrected chi connectivity index (χ4v) is 1.46. The zero-order valence-corrected chi connectivity index (χ0v) is 11.7. The maximum atomic E-state index is 11.6. The van der Waals surface area contributed by atoms with Crippen molar-refractivity contribution in [2.45, 2.75) is 26.4 Å². The highest BCUT2D eigenvalue weighted by Crippen LogP contribution is 2.15. The van der Waals surface area contributed by atoms with E-state index < -0.39 is 18.0 Å². The van der Waals surface area contributed by atoms with Gasteiger partial charge in [-0.2, -0.15) is 0 Å².